The molecule has 0 aromatic rings. The standard InChI is InChI=1S/C46H87NO13S/c1-2-3-4-5-6-7-8-10-13-16-19-22-25-28-35(50)34(47-38(51)29-26-23-20-17-14-11-9-12-15-18-21-24-27-30-61)33-57-45-43(56)41(54)44(37(32-49)59-45)60-46-42(55)40(53)39(52)36(31-48)58-46/h25,28,34-37,39-46,48-50,52-56,61H,2-24,26-27,29-33H2,1H3,(H,47,51)/b28-25+/t34-,35+,36+,37+,39-,40-,41+,42+,43+,44-,45+,46+/m0/s1. The van der Waals surface area contributed by atoms with Gasteiger partial charge in [0.2, 0.25) is 5.91 Å². The molecular weight excluding hydrogens is 807 g/mol. The van der Waals surface area contributed by atoms with Gasteiger partial charge < -0.3 is 65.1 Å². The smallest absolute Gasteiger partial charge is 0.220 e. The van der Waals surface area contributed by atoms with Crippen LogP contribution < -0.4 is 5.32 Å². The number of rotatable bonds is 37. The van der Waals surface area contributed by atoms with Crippen molar-refractivity contribution in [2.24, 2.45) is 0 Å². The van der Waals surface area contributed by atoms with E-state index in [1.165, 1.54) is 116 Å². The highest BCUT2D eigenvalue weighted by molar-refractivity contribution is 7.80. The molecule has 12 atom stereocenters. The predicted octanol–water partition coefficient (Wildman–Crippen LogP) is 5.12. The van der Waals surface area contributed by atoms with Crippen LogP contribution >= 0.6 is 12.6 Å². The van der Waals surface area contributed by atoms with E-state index < -0.39 is 86.8 Å². The van der Waals surface area contributed by atoms with Crippen LogP contribution in [0.3, 0.4) is 0 Å². The van der Waals surface area contributed by atoms with Gasteiger partial charge in [-0.25, -0.2) is 0 Å². The molecule has 2 aliphatic rings. The molecule has 2 aliphatic heterocycles. The zero-order valence-corrected chi connectivity index (χ0v) is 38.3. The van der Waals surface area contributed by atoms with Gasteiger partial charge in [-0.05, 0) is 31.4 Å². The minimum absolute atomic E-state index is 0.243. The highest BCUT2D eigenvalue weighted by atomic mass is 32.1. The van der Waals surface area contributed by atoms with Crippen LogP contribution in [-0.2, 0) is 23.7 Å². The van der Waals surface area contributed by atoms with Crippen molar-refractivity contribution in [2.75, 3.05) is 25.6 Å². The van der Waals surface area contributed by atoms with Crippen LogP contribution in [0.15, 0.2) is 12.2 Å². The van der Waals surface area contributed by atoms with Crippen molar-refractivity contribution in [3.8, 4) is 0 Å². The van der Waals surface area contributed by atoms with Crippen LogP contribution in [0.1, 0.15) is 174 Å². The molecule has 15 heteroatoms. The second-order valence-electron chi connectivity index (χ2n) is 17.3. The fourth-order valence-corrected chi connectivity index (χ4v) is 8.26. The van der Waals surface area contributed by atoms with Crippen molar-refractivity contribution < 1.29 is 64.6 Å². The Morgan fingerprint density at radius 2 is 1.10 bits per heavy atom. The Hall–Kier alpha value is -0.920. The molecule has 61 heavy (non-hydrogen) atoms. The van der Waals surface area contributed by atoms with Gasteiger partial charge in [0.25, 0.3) is 0 Å². The highest BCUT2D eigenvalue weighted by Crippen LogP contribution is 2.30. The zero-order valence-electron chi connectivity index (χ0n) is 37.4. The topological polar surface area (TPSA) is 228 Å². The van der Waals surface area contributed by atoms with Crippen molar-refractivity contribution in [1.29, 1.82) is 0 Å². The van der Waals surface area contributed by atoms with Gasteiger partial charge in [-0.15, -0.1) is 0 Å². The molecule has 9 N–H and O–H groups in total. The molecule has 0 saturated carbocycles. The van der Waals surface area contributed by atoms with Crippen molar-refractivity contribution in [1.82, 2.24) is 5.32 Å². The molecule has 0 unspecified atom stereocenters. The fraction of sp³-hybridized carbons (Fsp3) is 0.935. The number of hydrogen-bond donors (Lipinski definition) is 10. The monoisotopic (exact) mass is 894 g/mol. The quantitative estimate of drug-likeness (QED) is 0.0222. The van der Waals surface area contributed by atoms with E-state index in [1.807, 2.05) is 6.08 Å². The number of nitrogens with one attached hydrogen (secondary N) is 1. The largest absolute Gasteiger partial charge is 0.394 e. The number of hydrogen-bond acceptors (Lipinski definition) is 14. The summed E-state index contributed by atoms with van der Waals surface area (Å²) in [4.78, 5) is 13.1. The molecule has 0 aliphatic carbocycles. The first kappa shape index (κ1) is 56.2. The van der Waals surface area contributed by atoms with Crippen LogP contribution in [0, 0.1) is 0 Å². The maximum atomic E-state index is 13.1. The predicted molar refractivity (Wildman–Crippen MR) is 239 cm³/mol. The second kappa shape index (κ2) is 35.4. The third-order valence-electron chi connectivity index (χ3n) is 12.0. The van der Waals surface area contributed by atoms with Gasteiger partial charge in [0.05, 0.1) is 32.0 Å². The summed E-state index contributed by atoms with van der Waals surface area (Å²) in [5.74, 6) is 0.733. The Morgan fingerprint density at radius 3 is 1.62 bits per heavy atom. The average Bonchev–Trinajstić information content (AvgIpc) is 3.26. The molecule has 0 bridgehead atoms. The summed E-state index contributed by atoms with van der Waals surface area (Å²) in [5.41, 5.74) is 0. The van der Waals surface area contributed by atoms with Crippen molar-refractivity contribution in [3.63, 3.8) is 0 Å². The van der Waals surface area contributed by atoms with Crippen LogP contribution in [-0.4, -0.2) is 146 Å². The van der Waals surface area contributed by atoms with Crippen molar-refractivity contribution in [2.45, 2.75) is 247 Å². The summed E-state index contributed by atoms with van der Waals surface area (Å²) in [6.45, 7) is 0.521. The van der Waals surface area contributed by atoms with Gasteiger partial charge in [0, 0.05) is 6.42 Å². The lowest BCUT2D eigenvalue weighted by Crippen LogP contribution is -2.65. The maximum absolute atomic E-state index is 13.1. The molecule has 0 spiro atoms. The van der Waals surface area contributed by atoms with E-state index in [4.69, 9.17) is 18.9 Å². The molecule has 2 rings (SSSR count). The van der Waals surface area contributed by atoms with Gasteiger partial charge in [-0.3, -0.25) is 4.79 Å². The first-order valence-electron chi connectivity index (χ1n) is 24.0. The average molecular weight is 894 g/mol. The molecule has 1 amide bonds. The second-order valence-corrected chi connectivity index (χ2v) is 17.8. The molecule has 2 heterocycles. The van der Waals surface area contributed by atoms with Crippen LogP contribution in [0.25, 0.3) is 0 Å². The minimum atomic E-state index is -1.79. The minimum Gasteiger partial charge on any atom is -0.394 e. The first-order valence-corrected chi connectivity index (χ1v) is 24.7. The Labute approximate surface area is 372 Å². The van der Waals surface area contributed by atoms with E-state index in [9.17, 15) is 45.6 Å². The number of aliphatic hydroxyl groups excluding tert-OH is 8. The van der Waals surface area contributed by atoms with Gasteiger partial charge in [0.1, 0.15) is 48.8 Å². The van der Waals surface area contributed by atoms with E-state index in [0.29, 0.717) is 6.42 Å². The number of thiol groups is 1. The lowest BCUT2D eigenvalue weighted by molar-refractivity contribution is -0.359. The summed E-state index contributed by atoms with van der Waals surface area (Å²) in [6.07, 6.45) is 16.5. The van der Waals surface area contributed by atoms with Crippen LogP contribution in [0.5, 0.6) is 0 Å². The van der Waals surface area contributed by atoms with Gasteiger partial charge in [-0.1, -0.05) is 154 Å². The molecule has 2 fully saturated rings. The number of amides is 1. The Morgan fingerprint density at radius 1 is 0.623 bits per heavy atom. The molecular formula is C46H87NO13S. The maximum Gasteiger partial charge on any atom is 0.220 e. The Balaban J connectivity index is 1.88. The van der Waals surface area contributed by atoms with Crippen LogP contribution in [0.2, 0.25) is 0 Å². The third kappa shape index (κ3) is 23.2. The fourth-order valence-electron chi connectivity index (χ4n) is 8.03. The number of unbranched alkanes of at least 4 members (excludes halogenated alkanes) is 23. The molecule has 360 valence electrons. The number of aliphatic hydroxyl groups is 8. The molecule has 0 aromatic heterocycles. The van der Waals surface area contributed by atoms with E-state index >= 15 is 0 Å². The lowest BCUT2D eigenvalue weighted by Gasteiger charge is -2.46. The zero-order chi connectivity index (χ0) is 44.7. The number of carbonyl (C=O) groups is 1. The Bertz CT molecular complexity index is 1090. The number of allylic oxidation sites excluding steroid dienone is 1. The summed E-state index contributed by atoms with van der Waals surface area (Å²) in [6, 6.07) is -0.910. The van der Waals surface area contributed by atoms with E-state index in [0.717, 1.165) is 44.3 Å². The van der Waals surface area contributed by atoms with Gasteiger partial charge in [-0.2, -0.15) is 12.6 Å². The SMILES string of the molecule is CCCCCCCCCCCCC/C=C/[C@@H](O)[C@H](CO[C@@H]1O[C@H](CO)[C@H](O[C@H]2O[C@H](CO)[C@H](O)[C@H](O)[C@H]2O)[C@H](O)[C@H]1O)NC(=O)CCCCCCCCCCCCCCCS. The molecule has 0 radical (unpaired) electrons. The van der Waals surface area contributed by atoms with E-state index in [1.54, 1.807) is 6.08 Å². The third-order valence-corrected chi connectivity index (χ3v) is 12.3. The molecule has 14 nitrogen and oxygen atoms in total. The van der Waals surface area contributed by atoms with E-state index in [2.05, 4.69) is 24.9 Å². The number of carbonyl (C=O) groups excluding carboxylic acids is 1. The summed E-state index contributed by atoms with van der Waals surface area (Å²) in [7, 11) is 0. The summed E-state index contributed by atoms with van der Waals surface area (Å²) in [5, 5.41) is 86.5. The van der Waals surface area contributed by atoms with Gasteiger partial charge >= 0.3 is 0 Å². The lowest BCUT2D eigenvalue weighted by atomic mass is 9.97. The first-order chi connectivity index (χ1) is 29.6. The molecule has 0 aromatic carbocycles. The van der Waals surface area contributed by atoms with Crippen molar-refractivity contribution >= 4 is 18.5 Å². The Kier molecular flexibility index (Phi) is 32.6. The normalized spacial score (nSPS) is 28.0. The van der Waals surface area contributed by atoms with Gasteiger partial charge in [0.15, 0.2) is 12.6 Å². The van der Waals surface area contributed by atoms with E-state index in [-0.39, 0.29) is 18.9 Å². The highest BCUT2D eigenvalue weighted by Gasteiger charge is 2.51. The summed E-state index contributed by atoms with van der Waals surface area (Å²) < 4.78 is 22.6. The van der Waals surface area contributed by atoms with Crippen LogP contribution in [0.4, 0.5) is 0 Å². The molecule has 2 saturated heterocycles. The van der Waals surface area contributed by atoms with Crippen molar-refractivity contribution in [3.05, 3.63) is 12.2 Å². The number of ether oxygens (including phenoxy) is 4. The summed E-state index contributed by atoms with van der Waals surface area (Å²) >= 11 is 4.27.